The van der Waals surface area contributed by atoms with E-state index in [1.54, 1.807) is 11.8 Å². The molecule has 0 aliphatic heterocycles. The monoisotopic (exact) mass is 302 g/mol. The van der Waals surface area contributed by atoms with Crippen molar-refractivity contribution < 1.29 is 14.6 Å². The molecule has 126 valence electrons. The summed E-state index contributed by atoms with van der Waals surface area (Å²) in [5.41, 5.74) is -0.522. The van der Waals surface area contributed by atoms with Gasteiger partial charge in [0.15, 0.2) is 0 Å². The van der Waals surface area contributed by atoms with E-state index in [2.05, 4.69) is 26.1 Å². The van der Waals surface area contributed by atoms with Crippen molar-refractivity contribution in [3.8, 4) is 0 Å². The number of rotatable bonds is 8. The van der Waals surface area contributed by atoms with Crippen LogP contribution in [0.1, 0.15) is 54.9 Å². The Hall–Kier alpha value is -0.810. The highest BCUT2D eigenvalue weighted by Gasteiger charge is 2.23. The minimum Gasteiger partial charge on any atom is -0.444 e. The van der Waals surface area contributed by atoms with Crippen LogP contribution in [0.5, 0.6) is 0 Å². The lowest BCUT2D eigenvalue weighted by Crippen LogP contribution is -2.45. The molecule has 2 unspecified atom stereocenters. The van der Waals surface area contributed by atoms with Crippen molar-refractivity contribution in [2.75, 3.05) is 19.6 Å². The third-order valence-corrected chi connectivity index (χ3v) is 3.17. The molecule has 0 saturated heterocycles. The van der Waals surface area contributed by atoms with Crippen molar-refractivity contribution in [1.29, 1.82) is 0 Å². The van der Waals surface area contributed by atoms with E-state index in [0.29, 0.717) is 25.0 Å². The molecule has 1 amide bonds. The topological polar surface area (TPSA) is 61.8 Å². The first-order valence-electron chi connectivity index (χ1n) is 7.96. The molecule has 0 aliphatic rings. The molecular formula is C16H34N2O3. The second-order valence-electron chi connectivity index (χ2n) is 6.99. The first-order valence-corrected chi connectivity index (χ1v) is 7.96. The normalized spacial score (nSPS) is 14.9. The molecule has 0 heterocycles. The van der Waals surface area contributed by atoms with Gasteiger partial charge >= 0.3 is 6.09 Å². The van der Waals surface area contributed by atoms with Gasteiger partial charge in [0.2, 0.25) is 0 Å². The molecule has 2 N–H and O–H groups in total. The lowest BCUT2D eigenvalue weighted by atomic mass is 10.0. The SMILES string of the molecule is CCC(NCCN(CC(C)O)C(=O)OC(C)(C)C)C(C)C. The van der Waals surface area contributed by atoms with Crippen LogP contribution in [0.2, 0.25) is 0 Å². The van der Waals surface area contributed by atoms with Crippen molar-refractivity contribution in [3.63, 3.8) is 0 Å². The van der Waals surface area contributed by atoms with E-state index in [9.17, 15) is 9.90 Å². The summed E-state index contributed by atoms with van der Waals surface area (Å²) in [6, 6.07) is 0.442. The molecule has 0 bridgehead atoms. The molecule has 0 aromatic carbocycles. The molecule has 5 nitrogen and oxygen atoms in total. The van der Waals surface area contributed by atoms with Crippen LogP contribution in [0.3, 0.4) is 0 Å². The minimum absolute atomic E-state index is 0.287. The maximum Gasteiger partial charge on any atom is 0.410 e. The number of ether oxygens (including phenoxy) is 1. The molecule has 0 fully saturated rings. The highest BCUT2D eigenvalue weighted by Crippen LogP contribution is 2.10. The van der Waals surface area contributed by atoms with Gasteiger partial charge in [0.1, 0.15) is 5.60 Å². The fraction of sp³-hybridized carbons (Fsp3) is 0.938. The Bertz CT molecular complexity index is 298. The highest BCUT2D eigenvalue weighted by molar-refractivity contribution is 5.68. The van der Waals surface area contributed by atoms with Gasteiger partial charge in [-0.1, -0.05) is 20.8 Å². The summed E-state index contributed by atoms with van der Waals surface area (Å²) in [6.07, 6.45) is 0.118. The van der Waals surface area contributed by atoms with Gasteiger partial charge in [0, 0.05) is 25.7 Å². The number of hydrogen-bond acceptors (Lipinski definition) is 4. The summed E-state index contributed by atoms with van der Waals surface area (Å²) in [6.45, 7) is 15.2. The highest BCUT2D eigenvalue weighted by atomic mass is 16.6. The van der Waals surface area contributed by atoms with Crippen LogP contribution in [0.4, 0.5) is 4.79 Å². The van der Waals surface area contributed by atoms with E-state index in [1.807, 2.05) is 20.8 Å². The molecule has 0 saturated carbocycles. The molecule has 0 aliphatic carbocycles. The van der Waals surface area contributed by atoms with Crippen molar-refractivity contribution in [3.05, 3.63) is 0 Å². The van der Waals surface area contributed by atoms with Gasteiger partial charge in [-0.3, -0.25) is 0 Å². The maximum atomic E-state index is 12.1. The largest absolute Gasteiger partial charge is 0.444 e. The van der Waals surface area contributed by atoms with E-state index in [1.165, 1.54) is 0 Å². The number of aliphatic hydroxyl groups is 1. The van der Waals surface area contributed by atoms with Gasteiger partial charge in [-0.05, 0) is 40.0 Å². The predicted molar refractivity (Wildman–Crippen MR) is 86.4 cm³/mol. The zero-order valence-corrected chi connectivity index (χ0v) is 14.8. The Morgan fingerprint density at radius 1 is 1.29 bits per heavy atom. The van der Waals surface area contributed by atoms with Gasteiger partial charge in [-0.25, -0.2) is 4.79 Å². The molecular weight excluding hydrogens is 268 g/mol. The summed E-state index contributed by atoms with van der Waals surface area (Å²) >= 11 is 0. The first kappa shape index (κ1) is 20.2. The van der Waals surface area contributed by atoms with Gasteiger partial charge in [0.25, 0.3) is 0 Å². The van der Waals surface area contributed by atoms with Gasteiger partial charge in [-0.15, -0.1) is 0 Å². The average molecular weight is 302 g/mol. The maximum absolute atomic E-state index is 12.1. The average Bonchev–Trinajstić information content (AvgIpc) is 2.29. The summed E-state index contributed by atoms with van der Waals surface area (Å²) in [5, 5.41) is 13.0. The summed E-state index contributed by atoms with van der Waals surface area (Å²) in [7, 11) is 0. The number of amides is 1. The number of hydrogen-bond donors (Lipinski definition) is 2. The zero-order chi connectivity index (χ0) is 16.6. The number of nitrogens with zero attached hydrogens (tertiary/aromatic N) is 1. The minimum atomic E-state index is -0.565. The Labute approximate surface area is 130 Å². The van der Waals surface area contributed by atoms with Crippen LogP contribution in [0, 0.1) is 5.92 Å². The first-order chi connectivity index (χ1) is 9.56. The number of aliphatic hydroxyl groups excluding tert-OH is 1. The Morgan fingerprint density at radius 3 is 2.24 bits per heavy atom. The van der Waals surface area contributed by atoms with Crippen LogP contribution in [-0.4, -0.2) is 53.5 Å². The van der Waals surface area contributed by atoms with Gasteiger partial charge in [0.05, 0.1) is 6.10 Å². The third-order valence-electron chi connectivity index (χ3n) is 3.17. The third kappa shape index (κ3) is 9.69. The molecule has 0 rings (SSSR count). The number of nitrogens with one attached hydrogen (secondary N) is 1. The van der Waals surface area contributed by atoms with Gasteiger partial charge in [-0.2, -0.15) is 0 Å². The molecule has 5 heteroatoms. The molecule has 0 aromatic heterocycles. The van der Waals surface area contributed by atoms with Crippen molar-refractivity contribution in [2.45, 2.75) is 72.6 Å². The summed E-state index contributed by atoms with van der Waals surface area (Å²) in [4.78, 5) is 13.7. The van der Waals surface area contributed by atoms with Gasteiger partial charge < -0.3 is 20.1 Å². The predicted octanol–water partition coefficient (Wildman–Crippen LogP) is 2.63. The van der Waals surface area contributed by atoms with Crippen LogP contribution in [-0.2, 0) is 4.74 Å². The van der Waals surface area contributed by atoms with E-state index >= 15 is 0 Å². The Morgan fingerprint density at radius 2 is 1.86 bits per heavy atom. The molecule has 0 aromatic rings. The van der Waals surface area contributed by atoms with E-state index < -0.39 is 11.7 Å². The quantitative estimate of drug-likeness (QED) is 0.723. The molecule has 2 atom stereocenters. The Balaban J connectivity index is 4.46. The van der Waals surface area contributed by atoms with Crippen molar-refractivity contribution in [2.24, 2.45) is 5.92 Å². The summed E-state index contributed by atoms with van der Waals surface area (Å²) < 4.78 is 5.38. The lowest BCUT2D eigenvalue weighted by Gasteiger charge is -2.29. The Kier molecular flexibility index (Phi) is 8.90. The van der Waals surface area contributed by atoms with E-state index in [0.717, 1.165) is 6.42 Å². The van der Waals surface area contributed by atoms with Crippen LogP contribution in [0.15, 0.2) is 0 Å². The van der Waals surface area contributed by atoms with Crippen molar-refractivity contribution in [1.82, 2.24) is 10.2 Å². The second-order valence-corrected chi connectivity index (χ2v) is 6.99. The van der Waals surface area contributed by atoms with Crippen molar-refractivity contribution >= 4 is 6.09 Å². The standard InChI is InChI=1S/C16H34N2O3/c1-8-14(12(2)3)17-9-10-18(11-13(4)19)15(20)21-16(5,6)7/h12-14,17,19H,8-11H2,1-7H3. The second kappa shape index (κ2) is 9.26. The lowest BCUT2D eigenvalue weighted by molar-refractivity contribution is 0.0162. The summed E-state index contributed by atoms with van der Waals surface area (Å²) in [5.74, 6) is 0.557. The van der Waals surface area contributed by atoms with E-state index in [4.69, 9.17) is 4.74 Å². The number of carbonyl (C=O) groups is 1. The fourth-order valence-corrected chi connectivity index (χ4v) is 2.14. The van der Waals surface area contributed by atoms with E-state index in [-0.39, 0.29) is 12.6 Å². The fourth-order valence-electron chi connectivity index (χ4n) is 2.14. The molecule has 0 radical (unpaired) electrons. The number of carbonyl (C=O) groups excluding carboxylic acids is 1. The zero-order valence-electron chi connectivity index (χ0n) is 14.8. The molecule has 0 spiro atoms. The van der Waals surface area contributed by atoms with Crippen LogP contribution in [0.25, 0.3) is 0 Å². The van der Waals surface area contributed by atoms with Crippen LogP contribution < -0.4 is 5.32 Å². The van der Waals surface area contributed by atoms with Crippen LogP contribution >= 0.6 is 0 Å². The smallest absolute Gasteiger partial charge is 0.410 e. The molecule has 21 heavy (non-hydrogen) atoms.